The van der Waals surface area contributed by atoms with Crippen molar-refractivity contribution in [2.24, 2.45) is 0 Å². The second kappa shape index (κ2) is 5.48. The minimum absolute atomic E-state index is 0.0887. The Hall–Kier alpha value is -3.43. The average molecular weight is 261 g/mol. The van der Waals surface area contributed by atoms with Gasteiger partial charge in [0, 0.05) is 0 Å². The fraction of sp³-hybridized carbons (Fsp3) is 0.0714. The van der Waals surface area contributed by atoms with E-state index in [1.165, 1.54) is 0 Å². The lowest BCUT2D eigenvalue weighted by atomic mass is 9.97. The van der Waals surface area contributed by atoms with E-state index in [2.05, 4.69) is 9.97 Å². The third-order valence-corrected chi connectivity index (χ3v) is 2.69. The van der Waals surface area contributed by atoms with Crippen LogP contribution >= 0.6 is 0 Å². The van der Waals surface area contributed by atoms with E-state index in [1.54, 1.807) is 42.5 Å². The maximum absolute atomic E-state index is 11.9. The van der Waals surface area contributed by atoms with Gasteiger partial charge in [0.15, 0.2) is 11.4 Å². The Morgan fingerprint density at radius 3 is 2.35 bits per heavy atom. The highest BCUT2D eigenvalue weighted by Crippen LogP contribution is 2.19. The van der Waals surface area contributed by atoms with Crippen molar-refractivity contribution >= 4 is 0 Å². The van der Waals surface area contributed by atoms with Crippen molar-refractivity contribution in [2.45, 2.75) is 5.92 Å². The van der Waals surface area contributed by atoms with Crippen LogP contribution in [0.5, 0.6) is 0 Å². The first kappa shape index (κ1) is 13.0. The molecule has 1 aromatic heterocycles. The van der Waals surface area contributed by atoms with Crippen molar-refractivity contribution in [3.63, 3.8) is 0 Å². The maximum Gasteiger partial charge on any atom is 0.272 e. The zero-order valence-corrected chi connectivity index (χ0v) is 10.2. The molecule has 0 bridgehead atoms. The van der Waals surface area contributed by atoms with Gasteiger partial charge >= 0.3 is 0 Å². The number of nitrogens with one attached hydrogen (secondary N) is 1. The maximum atomic E-state index is 11.9. The normalized spacial score (nSPS) is 10.8. The number of hydrogen-bond acceptors (Lipinski definition) is 5. The van der Waals surface area contributed by atoms with E-state index in [0.717, 1.165) is 0 Å². The van der Waals surface area contributed by atoms with Crippen molar-refractivity contribution in [1.29, 1.82) is 15.8 Å². The zero-order valence-electron chi connectivity index (χ0n) is 10.2. The van der Waals surface area contributed by atoms with Gasteiger partial charge in [-0.3, -0.25) is 4.79 Å². The molecule has 0 aliphatic heterocycles. The van der Waals surface area contributed by atoms with Crippen molar-refractivity contribution in [3.05, 3.63) is 63.3 Å². The molecule has 0 spiro atoms. The Morgan fingerprint density at radius 2 is 1.80 bits per heavy atom. The predicted octanol–water partition coefficient (Wildman–Crippen LogP) is 1.17. The van der Waals surface area contributed by atoms with Crippen LogP contribution < -0.4 is 5.56 Å². The van der Waals surface area contributed by atoms with Gasteiger partial charge in [0.2, 0.25) is 0 Å². The predicted molar refractivity (Wildman–Crippen MR) is 68.2 cm³/mol. The third kappa shape index (κ3) is 2.25. The summed E-state index contributed by atoms with van der Waals surface area (Å²) in [6, 6.07) is 14.1. The molecule has 1 unspecified atom stereocenters. The van der Waals surface area contributed by atoms with Crippen molar-refractivity contribution in [1.82, 2.24) is 9.97 Å². The van der Waals surface area contributed by atoms with Gasteiger partial charge in [-0.1, -0.05) is 30.3 Å². The van der Waals surface area contributed by atoms with Gasteiger partial charge in [0.05, 0.1) is 6.07 Å². The molecule has 1 N–H and O–H groups in total. The molecule has 1 atom stereocenters. The summed E-state index contributed by atoms with van der Waals surface area (Å²) >= 11 is 0. The molecule has 0 amide bonds. The molecule has 94 valence electrons. The Kier molecular flexibility index (Phi) is 3.56. The number of nitrogens with zero attached hydrogens (tertiary/aromatic N) is 4. The second-order valence-electron chi connectivity index (χ2n) is 3.87. The van der Waals surface area contributed by atoms with Gasteiger partial charge in [0.25, 0.3) is 5.56 Å². The summed E-state index contributed by atoms with van der Waals surface area (Å²) < 4.78 is 0. The molecule has 0 saturated heterocycles. The second-order valence-corrected chi connectivity index (χ2v) is 3.87. The molecule has 20 heavy (non-hydrogen) atoms. The SMILES string of the molecule is N#Cc1nc(C(C#N)c2ccccc2)c(=O)[nH]c1C#N. The molecular formula is C14H7N5O. The molecule has 2 rings (SSSR count). The molecule has 0 aliphatic rings. The van der Waals surface area contributed by atoms with E-state index >= 15 is 0 Å². The van der Waals surface area contributed by atoms with Gasteiger partial charge in [-0.2, -0.15) is 15.8 Å². The Morgan fingerprint density at radius 1 is 1.10 bits per heavy atom. The third-order valence-electron chi connectivity index (χ3n) is 2.69. The summed E-state index contributed by atoms with van der Waals surface area (Å²) in [7, 11) is 0. The first-order chi connectivity index (χ1) is 9.71. The molecule has 1 aromatic carbocycles. The molecule has 0 saturated carbocycles. The summed E-state index contributed by atoms with van der Waals surface area (Å²) in [6.07, 6.45) is 0. The summed E-state index contributed by atoms with van der Waals surface area (Å²) in [4.78, 5) is 18.0. The van der Waals surface area contributed by atoms with E-state index in [0.29, 0.717) is 5.56 Å². The van der Waals surface area contributed by atoms with Crippen LogP contribution in [0.2, 0.25) is 0 Å². The lowest BCUT2D eigenvalue weighted by molar-refractivity contribution is 0.900. The lowest BCUT2D eigenvalue weighted by Gasteiger charge is -2.08. The van der Waals surface area contributed by atoms with Crippen molar-refractivity contribution < 1.29 is 0 Å². The fourth-order valence-electron chi connectivity index (χ4n) is 1.76. The van der Waals surface area contributed by atoms with Crippen LogP contribution in [0, 0.1) is 34.0 Å². The van der Waals surface area contributed by atoms with E-state index in [4.69, 9.17) is 10.5 Å². The summed E-state index contributed by atoms with van der Waals surface area (Å²) in [5.41, 5.74) is -0.531. The highest BCUT2D eigenvalue weighted by atomic mass is 16.1. The zero-order chi connectivity index (χ0) is 14.5. The first-order valence-electron chi connectivity index (χ1n) is 5.60. The van der Waals surface area contributed by atoms with Crippen LogP contribution in [0.25, 0.3) is 0 Å². The van der Waals surface area contributed by atoms with Gasteiger partial charge in [0.1, 0.15) is 23.8 Å². The van der Waals surface area contributed by atoms with Crippen LogP contribution in [0.1, 0.15) is 28.6 Å². The Bertz CT molecular complexity index is 818. The summed E-state index contributed by atoms with van der Waals surface area (Å²) in [5.74, 6) is -0.889. The minimum atomic E-state index is -0.889. The number of rotatable bonds is 2. The fourth-order valence-corrected chi connectivity index (χ4v) is 1.76. The van der Waals surface area contributed by atoms with Gasteiger partial charge in [-0.05, 0) is 5.56 Å². The molecule has 0 aliphatic carbocycles. The van der Waals surface area contributed by atoms with Crippen molar-refractivity contribution in [3.8, 4) is 18.2 Å². The van der Waals surface area contributed by atoms with Gasteiger partial charge in [-0.15, -0.1) is 0 Å². The summed E-state index contributed by atoms with van der Waals surface area (Å²) in [5, 5.41) is 27.0. The number of nitriles is 3. The molecule has 0 radical (unpaired) electrons. The largest absolute Gasteiger partial charge is 0.310 e. The highest BCUT2D eigenvalue weighted by Gasteiger charge is 2.21. The number of H-pyrrole nitrogens is 1. The molecule has 0 fully saturated rings. The Labute approximate surface area is 114 Å². The van der Waals surface area contributed by atoms with Crippen LogP contribution in [0.15, 0.2) is 35.1 Å². The van der Waals surface area contributed by atoms with Crippen LogP contribution in [-0.2, 0) is 0 Å². The minimum Gasteiger partial charge on any atom is -0.310 e. The van der Waals surface area contributed by atoms with Crippen LogP contribution in [0.3, 0.4) is 0 Å². The van der Waals surface area contributed by atoms with Crippen LogP contribution in [-0.4, -0.2) is 9.97 Å². The smallest absolute Gasteiger partial charge is 0.272 e. The monoisotopic (exact) mass is 261 g/mol. The lowest BCUT2D eigenvalue weighted by Crippen LogP contribution is -2.21. The molecule has 6 heteroatoms. The number of aromatic amines is 1. The number of hydrogen-bond donors (Lipinski definition) is 1. The Balaban J connectivity index is 2.64. The van der Waals surface area contributed by atoms with E-state index in [1.807, 2.05) is 6.07 Å². The number of aromatic nitrogens is 2. The van der Waals surface area contributed by atoms with Crippen LogP contribution in [0.4, 0.5) is 0 Å². The quantitative estimate of drug-likeness (QED) is 0.870. The van der Waals surface area contributed by atoms with E-state index in [9.17, 15) is 10.1 Å². The van der Waals surface area contributed by atoms with Gasteiger partial charge < -0.3 is 4.98 Å². The average Bonchev–Trinajstić information content (AvgIpc) is 2.50. The standard InChI is InChI=1S/C14H7N5O/c15-6-10(9-4-2-1-3-5-9)13-14(20)19-12(8-17)11(7-16)18-13/h1-5,10H,(H,19,20). The number of benzene rings is 1. The highest BCUT2D eigenvalue weighted by molar-refractivity contribution is 5.39. The molecule has 2 aromatic rings. The summed E-state index contributed by atoms with van der Waals surface area (Å²) in [6.45, 7) is 0. The molecule has 1 heterocycles. The van der Waals surface area contributed by atoms with E-state index < -0.39 is 11.5 Å². The molecular weight excluding hydrogens is 254 g/mol. The topological polar surface area (TPSA) is 117 Å². The molecule has 6 nitrogen and oxygen atoms in total. The van der Waals surface area contributed by atoms with Gasteiger partial charge in [-0.25, -0.2) is 4.98 Å². The van der Waals surface area contributed by atoms with E-state index in [-0.39, 0.29) is 17.1 Å². The first-order valence-corrected chi connectivity index (χ1v) is 5.60. The van der Waals surface area contributed by atoms with Crippen molar-refractivity contribution in [2.75, 3.05) is 0 Å².